The highest BCUT2D eigenvalue weighted by Crippen LogP contribution is 2.31. The van der Waals surface area contributed by atoms with E-state index in [2.05, 4.69) is 10.2 Å². The van der Waals surface area contributed by atoms with Crippen LogP contribution in [0.1, 0.15) is 44.0 Å². The number of furan rings is 1. The maximum absolute atomic E-state index is 12.6. The molecule has 0 unspecified atom stereocenters. The number of thioether (sulfide) groups is 1. The van der Waals surface area contributed by atoms with Crippen molar-refractivity contribution in [3.05, 3.63) is 52.1 Å². The second-order valence-electron chi connectivity index (χ2n) is 4.61. The Morgan fingerprint density at radius 1 is 1.43 bits per heavy atom. The summed E-state index contributed by atoms with van der Waals surface area (Å²) in [7, 11) is 0. The fourth-order valence-electron chi connectivity index (χ4n) is 2.12. The van der Waals surface area contributed by atoms with E-state index in [0.717, 1.165) is 0 Å². The fraction of sp³-hybridized carbons (Fsp3) is 0.200. The van der Waals surface area contributed by atoms with Crippen LogP contribution < -0.4 is 0 Å². The summed E-state index contributed by atoms with van der Waals surface area (Å²) >= 11 is 1.17. The molecule has 0 saturated heterocycles. The first kappa shape index (κ1) is 15.3. The van der Waals surface area contributed by atoms with Gasteiger partial charge in [0.15, 0.2) is 5.69 Å². The van der Waals surface area contributed by atoms with E-state index < -0.39 is 17.5 Å². The smallest absolute Gasteiger partial charge is 0.357 e. The Morgan fingerprint density at radius 2 is 2.26 bits per heavy atom. The van der Waals surface area contributed by atoms with Crippen molar-refractivity contribution in [1.82, 2.24) is 10.2 Å². The summed E-state index contributed by atoms with van der Waals surface area (Å²) in [5.74, 6) is -0.472. The van der Waals surface area contributed by atoms with Gasteiger partial charge in [-0.05, 0) is 19.1 Å². The molecule has 1 aliphatic carbocycles. The lowest BCUT2D eigenvalue weighted by Crippen LogP contribution is -2.18. The van der Waals surface area contributed by atoms with E-state index in [-0.39, 0.29) is 28.5 Å². The minimum atomic E-state index is -0.709. The molecule has 0 spiro atoms. The first-order valence-corrected chi connectivity index (χ1v) is 7.81. The van der Waals surface area contributed by atoms with Gasteiger partial charge in [0.2, 0.25) is 11.6 Å². The van der Waals surface area contributed by atoms with E-state index in [1.807, 2.05) is 0 Å². The van der Waals surface area contributed by atoms with Gasteiger partial charge < -0.3 is 9.15 Å². The molecule has 118 valence electrons. The van der Waals surface area contributed by atoms with Crippen LogP contribution in [0.15, 0.2) is 33.8 Å². The van der Waals surface area contributed by atoms with Gasteiger partial charge in [0.1, 0.15) is 11.5 Å². The lowest BCUT2D eigenvalue weighted by atomic mass is 9.99. The summed E-state index contributed by atoms with van der Waals surface area (Å²) in [6.07, 6.45) is 2.76. The zero-order chi connectivity index (χ0) is 16.4. The standard InChI is InChI=1S/C15H12N2O5S/c1-2-21-15(20)13-11-12(16-17-13)9(18)6-10(14(11)19)23-7-8-4-3-5-22-8/h3-6H,2,7H2,1H3,(H,16,17). The predicted octanol–water partition coefficient (Wildman–Crippen LogP) is 2.38. The molecule has 3 rings (SSSR count). The van der Waals surface area contributed by atoms with Gasteiger partial charge in [-0.25, -0.2) is 4.79 Å². The molecule has 0 atom stereocenters. The van der Waals surface area contributed by atoms with E-state index in [1.54, 1.807) is 19.1 Å². The Bertz CT molecular complexity index is 804. The summed E-state index contributed by atoms with van der Waals surface area (Å²) < 4.78 is 10.1. The van der Waals surface area contributed by atoms with Gasteiger partial charge >= 0.3 is 5.97 Å². The third-order valence-electron chi connectivity index (χ3n) is 3.14. The highest BCUT2D eigenvalue weighted by molar-refractivity contribution is 8.03. The predicted molar refractivity (Wildman–Crippen MR) is 81.3 cm³/mol. The number of aromatic amines is 1. The Hall–Kier alpha value is -2.61. The Labute approximate surface area is 135 Å². The maximum Gasteiger partial charge on any atom is 0.357 e. The summed E-state index contributed by atoms with van der Waals surface area (Å²) in [6.45, 7) is 1.81. The van der Waals surface area contributed by atoms with Gasteiger partial charge in [-0.15, -0.1) is 11.8 Å². The largest absolute Gasteiger partial charge is 0.468 e. The molecule has 8 heteroatoms. The van der Waals surface area contributed by atoms with Crippen molar-refractivity contribution in [2.45, 2.75) is 12.7 Å². The second kappa shape index (κ2) is 6.25. The maximum atomic E-state index is 12.6. The average Bonchev–Trinajstić information content (AvgIpc) is 3.18. The zero-order valence-electron chi connectivity index (χ0n) is 12.1. The van der Waals surface area contributed by atoms with Gasteiger partial charge in [-0.2, -0.15) is 5.10 Å². The number of ether oxygens (including phenoxy) is 1. The molecule has 2 heterocycles. The highest BCUT2D eigenvalue weighted by atomic mass is 32.2. The quantitative estimate of drug-likeness (QED) is 0.838. The van der Waals surface area contributed by atoms with E-state index in [0.29, 0.717) is 11.5 Å². The van der Waals surface area contributed by atoms with E-state index in [4.69, 9.17) is 9.15 Å². The number of H-pyrrole nitrogens is 1. The van der Waals surface area contributed by atoms with E-state index in [9.17, 15) is 14.4 Å². The minimum absolute atomic E-state index is 0.0297. The number of aromatic nitrogens is 2. The summed E-state index contributed by atoms with van der Waals surface area (Å²) in [6, 6.07) is 3.52. The summed E-state index contributed by atoms with van der Waals surface area (Å²) in [4.78, 5) is 36.8. The number of hydrogen-bond donors (Lipinski definition) is 1. The van der Waals surface area contributed by atoms with E-state index >= 15 is 0 Å². The Morgan fingerprint density at radius 3 is 2.96 bits per heavy atom. The number of rotatable bonds is 5. The van der Waals surface area contributed by atoms with Crippen LogP contribution in [0.25, 0.3) is 0 Å². The number of hydrogen-bond acceptors (Lipinski definition) is 7. The Balaban J connectivity index is 1.87. The van der Waals surface area contributed by atoms with Crippen molar-refractivity contribution in [2.75, 3.05) is 6.61 Å². The molecule has 0 amide bonds. The zero-order valence-corrected chi connectivity index (χ0v) is 12.9. The molecule has 1 aliphatic rings. The highest BCUT2D eigenvalue weighted by Gasteiger charge is 2.34. The van der Waals surface area contributed by atoms with Crippen LogP contribution in [0, 0.1) is 0 Å². The van der Waals surface area contributed by atoms with Crippen LogP contribution in [0.5, 0.6) is 0 Å². The van der Waals surface area contributed by atoms with Crippen molar-refractivity contribution in [1.29, 1.82) is 0 Å². The molecule has 1 N–H and O–H groups in total. The first-order chi connectivity index (χ1) is 11.1. The van der Waals surface area contributed by atoms with Gasteiger partial charge in [0.05, 0.1) is 29.1 Å². The molecule has 0 aliphatic heterocycles. The Kier molecular flexibility index (Phi) is 4.16. The molecule has 0 bridgehead atoms. The molecular weight excluding hydrogens is 320 g/mol. The van der Waals surface area contributed by atoms with Gasteiger partial charge in [-0.3, -0.25) is 14.7 Å². The number of fused-ring (bicyclic) bond motifs is 1. The van der Waals surface area contributed by atoms with Crippen LogP contribution in [0.4, 0.5) is 0 Å². The number of Topliss-reactive ketones (excluding diaryl/α,β-unsaturated/α-hetero) is 1. The molecule has 0 aromatic carbocycles. The topological polar surface area (TPSA) is 102 Å². The number of nitrogens with zero attached hydrogens (tertiary/aromatic N) is 1. The van der Waals surface area contributed by atoms with Crippen molar-refractivity contribution in [3.63, 3.8) is 0 Å². The molecule has 2 aromatic heterocycles. The number of allylic oxidation sites excluding steroid dienone is 2. The van der Waals surface area contributed by atoms with Gasteiger partial charge in [0.25, 0.3) is 0 Å². The van der Waals surface area contributed by atoms with Crippen LogP contribution in [0.2, 0.25) is 0 Å². The van der Waals surface area contributed by atoms with Crippen molar-refractivity contribution < 1.29 is 23.5 Å². The lowest BCUT2D eigenvalue weighted by molar-refractivity contribution is 0.0516. The number of nitrogens with one attached hydrogen (secondary N) is 1. The monoisotopic (exact) mass is 332 g/mol. The molecule has 0 radical (unpaired) electrons. The van der Waals surface area contributed by atoms with Crippen LogP contribution in [-0.2, 0) is 10.5 Å². The van der Waals surface area contributed by atoms with Crippen LogP contribution in [0.3, 0.4) is 0 Å². The van der Waals surface area contributed by atoms with Crippen LogP contribution >= 0.6 is 11.8 Å². The second-order valence-corrected chi connectivity index (χ2v) is 5.63. The molecule has 0 saturated carbocycles. The third kappa shape index (κ3) is 2.85. The number of ketones is 2. The van der Waals surface area contributed by atoms with Crippen molar-refractivity contribution >= 4 is 29.3 Å². The SMILES string of the molecule is CCOC(=O)c1[nH]nc2c1C(=O)C(SCc1ccco1)=CC2=O. The first-order valence-electron chi connectivity index (χ1n) is 6.83. The summed E-state index contributed by atoms with van der Waals surface area (Å²) in [5.41, 5.74) is -0.178. The number of carbonyl (C=O) groups excluding carboxylic acids is 3. The third-order valence-corrected chi connectivity index (χ3v) is 4.19. The summed E-state index contributed by atoms with van der Waals surface area (Å²) in [5, 5.41) is 6.19. The normalized spacial score (nSPS) is 13.7. The van der Waals surface area contributed by atoms with Crippen molar-refractivity contribution in [2.24, 2.45) is 0 Å². The van der Waals surface area contributed by atoms with Crippen molar-refractivity contribution in [3.8, 4) is 0 Å². The van der Waals surface area contributed by atoms with E-state index in [1.165, 1.54) is 24.1 Å². The molecule has 7 nitrogen and oxygen atoms in total. The minimum Gasteiger partial charge on any atom is -0.468 e. The molecule has 2 aromatic rings. The lowest BCUT2D eigenvalue weighted by Gasteiger charge is -2.11. The average molecular weight is 332 g/mol. The van der Waals surface area contributed by atoms with Crippen LogP contribution in [-0.4, -0.2) is 34.3 Å². The molecular formula is C15H12N2O5S. The fourth-order valence-corrected chi connectivity index (χ4v) is 3.00. The molecule has 0 fully saturated rings. The molecule has 23 heavy (non-hydrogen) atoms. The van der Waals surface area contributed by atoms with Gasteiger partial charge in [0, 0.05) is 6.08 Å². The number of carbonyl (C=O) groups is 3. The number of esters is 1. The van der Waals surface area contributed by atoms with Gasteiger partial charge in [-0.1, -0.05) is 0 Å².